The highest BCUT2D eigenvalue weighted by Gasteiger charge is 2.54. The fourth-order valence-corrected chi connectivity index (χ4v) is 11.2. The maximum Gasteiger partial charge on any atom is 0.312 e. The van der Waals surface area contributed by atoms with E-state index in [1.807, 2.05) is 7.05 Å². The van der Waals surface area contributed by atoms with Gasteiger partial charge in [0.25, 0.3) is 11.7 Å². The van der Waals surface area contributed by atoms with Gasteiger partial charge in [-0.05, 0) is 52.3 Å². The van der Waals surface area contributed by atoms with Gasteiger partial charge in [0.1, 0.15) is 29.0 Å². The number of piperidine rings is 2. The number of nitrogens with one attached hydrogen (secondary N) is 2. The summed E-state index contributed by atoms with van der Waals surface area (Å²) in [4.78, 5) is 80.0. The van der Waals surface area contributed by atoms with E-state index in [1.165, 1.54) is 33.3 Å². The molecule has 5 N–H and O–H groups in total. The molecule has 1 aromatic carbocycles. The van der Waals surface area contributed by atoms with Crippen molar-refractivity contribution in [2.45, 2.75) is 137 Å². The molecule has 73 heavy (non-hydrogen) atoms. The van der Waals surface area contributed by atoms with E-state index < -0.39 is 94.7 Å². The number of likely N-dealkylation sites (tertiary alicyclic amines) is 2. The number of hydrogen-bond acceptors (Lipinski definition) is 17. The number of nitrogens with zero attached hydrogens (tertiary/aromatic N) is 3. The van der Waals surface area contributed by atoms with Crippen LogP contribution in [0, 0.1) is 42.4 Å². The van der Waals surface area contributed by atoms with Crippen LogP contribution >= 0.6 is 0 Å². The van der Waals surface area contributed by atoms with Crippen LogP contribution in [0.1, 0.15) is 126 Å². The van der Waals surface area contributed by atoms with Crippen LogP contribution in [0.4, 0.5) is 0 Å². The number of rotatable bonds is 9. The summed E-state index contributed by atoms with van der Waals surface area (Å²) in [5.41, 5.74) is -0.386. The van der Waals surface area contributed by atoms with E-state index in [4.69, 9.17) is 28.7 Å². The van der Waals surface area contributed by atoms with Gasteiger partial charge in [-0.3, -0.25) is 29.0 Å². The fourth-order valence-electron chi connectivity index (χ4n) is 11.2. The minimum absolute atomic E-state index is 0.00531. The average molecular weight is 1020 g/mol. The van der Waals surface area contributed by atoms with Crippen LogP contribution in [0.15, 0.2) is 52.5 Å². The zero-order valence-corrected chi connectivity index (χ0v) is 44.4. The van der Waals surface area contributed by atoms with E-state index in [0.29, 0.717) is 31.8 Å². The number of benzene rings is 1. The summed E-state index contributed by atoms with van der Waals surface area (Å²) in [6.45, 7) is 20.1. The molecule has 8 rings (SSSR count). The first-order valence-corrected chi connectivity index (χ1v) is 26.0. The lowest BCUT2D eigenvalue weighted by Crippen LogP contribution is -2.50. The smallest absolute Gasteiger partial charge is 0.312 e. The molecule has 1 unspecified atom stereocenters. The van der Waals surface area contributed by atoms with Crippen LogP contribution in [0.5, 0.6) is 11.5 Å². The molecule has 5 bridgehead atoms. The maximum absolute atomic E-state index is 14.9. The molecule has 1 aliphatic carbocycles. The third-order valence-electron chi connectivity index (χ3n) is 15.7. The molecule has 18 nitrogen and oxygen atoms in total. The van der Waals surface area contributed by atoms with Crippen LogP contribution in [0.3, 0.4) is 0 Å². The molecule has 0 aromatic heterocycles. The topological polar surface area (TPSA) is 235 Å². The molecular formula is C55H77N5O13. The number of carbonyl (C=O) groups excluding carboxylic acids is 5. The van der Waals surface area contributed by atoms with Gasteiger partial charge in [0.05, 0.1) is 66.6 Å². The predicted octanol–water partition coefficient (Wildman–Crippen LogP) is 5.26. The molecule has 6 heterocycles. The number of hydrogen-bond donors (Lipinski definition) is 5. The minimum Gasteiger partial charge on any atom is -0.507 e. The monoisotopic (exact) mass is 1020 g/mol. The second-order valence-corrected chi connectivity index (χ2v) is 21.9. The SMILES string of the molecule is CO[C@H]1/C=C/O[C@@]2(C)Oc3c(C)c(O)c4c(c3C2=O)C2=NC3(CCN(CC(C)C)CC3)NC2=C(NC(=O)/C(C)=C\C=C\[C@H](C)[C@H](O)[C@@H](C)[C@@H](O)[C@@H](C)[C@H](OC(=O)CCC(=O)OCC2CCCN(C)C2)[C@@H]1C)C4=O. The number of fused-ring (bicyclic) bond motifs is 13. The van der Waals surface area contributed by atoms with Gasteiger partial charge in [-0.1, -0.05) is 59.8 Å². The van der Waals surface area contributed by atoms with Gasteiger partial charge in [0.2, 0.25) is 5.78 Å². The van der Waals surface area contributed by atoms with Gasteiger partial charge in [0, 0.05) is 99.3 Å². The minimum atomic E-state index is -2.02. The average Bonchev–Trinajstić information content (AvgIpc) is 3.85. The van der Waals surface area contributed by atoms with Crippen molar-refractivity contribution in [2.75, 3.05) is 53.5 Å². The van der Waals surface area contributed by atoms with Crippen molar-refractivity contribution in [1.82, 2.24) is 20.4 Å². The molecule has 1 amide bonds. The Morgan fingerprint density at radius 3 is 2.30 bits per heavy atom. The van der Waals surface area contributed by atoms with E-state index in [-0.39, 0.29) is 76.0 Å². The van der Waals surface area contributed by atoms with Crippen molar-refractivity contribution in [2.24, 2.45) is 40.5 Å². The lowest BCUT2D eigenvalue weighted by molar-refractivity contribution is -0.165. The number of allylic oxidation sites excluding steroid dienone is 4. The second kappa shape index (κ2) is 22.6. The maximum atomic E-state index is 14.9. The molecular weight excluding hydrogens is 939 g/mol. The molecule has 1 aromatic rings. The molecule has 0 radical (unpaired) electrons. The van der Waals surface area contributed by atoms with Crippen LogP contribution in [0.2, 0.25) is 0 Å². The quantitative estimate of drug-likeness (QED) is 0.199. The third-order valence-corrected chi connectivity index (χ3v) is 15.7. The van der Waals surface area contributed by atoms with Crippen LogP contribution < -0.4 is 15.4 Å². The Balaban J connectivity index is 1.23. The first kappa shape index (κ1) is 55.4. The molecule has 10 atom stereocenters. The van der Waals surface area contributed by atoms with E-state index in [9.17, 15) is 39.3 Å². The molecule has 0 saturated carbocycles. The van der Waals surface area contributed by atoms with Gasteiger partial charge >= 0.3 is 17.7 Å². The van der Waals surface area contributed by atoms with Gasteiger partial charge in [-0.25, -0.2) is 0 Å². The zero-order valence-electron chi connectivity index (χ0n) is 44.4. The number of aliphatic imine (C=N–C) groups is 1. The molecule has 18 heteroatoms. The van der Waals surface area contributed by atoms with Gasteiger partial charge in [-0.15, -0.1) is 0 Å². The fraction of sp³-hybridized carbons (Fsp3) is 0.636. The Kier molecular flexibility index (Phi) is 17.1. The number of methoxy groups -OCH3 is 1. The van der Waals surface area contributed by atoms with Gasteiger partial charge in [-0.2, -0.15) is 0 Å². The zero-order chi connectivity index (χ0) is 53.3. The third kappa shape index (κ3) is 11.6. The summed E-state index contributed by atoms with van der Waals surface area (Å²) in [7, 11) is 3.47. The number of phenolic OH excluding ortho intramolecular Hbond substituents is 1. The van der Waals surface area contributed by atoms with Gasteiger partial charge in [0.15, 0.2) is 0 Å². The van der Waals surface area contributed by atoms with Crippen LogP contribution in [-0.2, 0) is 33.3 Å². The number of Topliss-reactive ketones (excluding diaryl/α,β-unsaturated/α-hetero) is 2. The highest BCUT2D eigenvalue weighted by Crippen LogP contribution is 2.50. The summed E-state index contributed by atoms with van der Waals surface area (Å²) < 4.78 is 30.1. The second-order valence-electron chi connectivity index (χ2n) is 21.9. The van der Waals surface area contributed by atoms with E-state index in [1.54, 1.807) is 52.8 Å². The van der Waals surface area contributed by atoms with Crippen molar-refractivity contribution in [3.63, 3.8) is 0 Å². The number of aliphatic hydroxyl groups is 2. The first-order chi connectivity index (χ1) is 34.5. The summed E-state index contributed by atoms with van der Waals surface area (Å²) in [6.07, 6.45) is 5.97. The van der Waals surface area contributed by atoms with E-state index >= 15 is 0 Å². The Morgan fingerprint density at radius 1 is 0.932 bits per heavy atom. The number of aliphatic hydroxyl groups excluding tert-OH is 2. The summed E-state index contributed by atoms with van der Waals surface area (Å²) in [6, 6.07) is 0. The number of aromatic hydroxyl groups is 1. The predicted molar refractivity (Wildman–Crippen MR) is 272 cm³/mol. The van der Waals surface area contributed by atoms with Crippen LogP contribution in [-0.4, -0.2) is 150 Å². The first-order valence-electron chi connectivity index (χ1n) is 26.0. The standard InChI is InChI=1S/C55H77N5O13/c1-29(2)26-60-23-20-55(21-24-60)57-43-40-41-48(65)35(8)51-42(40)52(67)54(9,73-51)71-25-19-37(69-11)32(5)50(72-39(62)18-17-38(61)70-28-36-16-13-22-59(10)27-36)34(7)47(64)33(6)46(63)30(3)14-12-15-31(4)53(68)56-45(49(41)66)44(43)58-55/h12,14-15,19,25,29-30,32-34,36-37,46-47,50,58,63-65H,13,16-18,20-24,26-28H2,1-11H3,(H,56,68)/b14-12+,25-19+,31-15-/t30-,32+,33+,34+,36?,37-,46-,47+,50+,54-/m0/s1. The normalized spacial score (nSPS) is 32.7. The van der Waals surface area contributed by atoms with Crippen LogP contribution in [0.25, 0.3) is 0 Å². The van der Waals surface area contributed by atoms with E-state index in [0.717, 1.165) is 32.5 Å². The number of ether oxygens (including phenoxy) is 5. The summed E-state index contributed by atoms with van der Waals surface area (Å²) >= 11 is 0. The molecule has 7 aliphatic rings. The Bertz CT molecular complexity index is 2470. The van der Waals surface area contributed by atoms with Crippen molar-refractivity contribution in [3.05, 3.63) is 69.8 Å². The number of carbonyl (C=O) groups is 5. The largest absolute Gasteiger partial charge is 0.507 e. The lowest BCUT2D eigenvalue weighted by Gasteiger charge is -2.38. The summed E-state index contributed by atoms with van der Waals surface area (Å²) in [5, 5.41) is 41.8. The Morgan fingerprint density at radius 2 is 1.63 bits per heavy atom. The number of esters is 2. The Hall–Kier alpha value is -5.40. The number of ketones is 2. The Labute approximate surface area is 429 Å². The van der Waals surface area contributed by atoms with Crippen molar-refractivity contribution < 1.29 is 63.0 Å². The molecule has 2 fully saturated rings. The van der Waals surface area contributed by atoms with Crippen molar-refractivity contribution in [1.29, 1.82) is 0 Å². The van der Waals surface area contributed by atoms with Crippen molar-refractivity contribution >= 4 is 35.1 Å². The van der Waals surface area contributed by atoms with Gasteiger partial charge < -0.3 is 59.4 Å². The van der Waals surface area contributed by atoms with E-state index in [2.05, 4.69) is 34.3 Å². The highest BCUT2D eigenvalue weighted by molar-refractivity contribution is 6.34. The number of phenols is 1. The highest BCUT2D eigenvalue weighted by atomic mass is 16.7. The lowest BCUT2D eigenvalue weighted by atomic mass is 9.78. The number of amides is 1. The molecule has 2 saturated heterocycles. The molecule has 400 valence electrons. The van der Waals surface area contributed by atoms with Crippen molar-refractivity contribution in [3.8, 4) is 11.5 Å². The molecule has 1 spiro atoms. The summed E-state index contributed by atoms with van der Waals surface area (Å²) in [5.74, 6) is -7.81. The molecule has 6 aliphatic heterocycles.